The molecule has 0 saturated heterocycles. The van der Waals surface area contributed by atoms with E-state index in [0.717, 1.165) is 36.5 Å². The Hall–Kier alpha value is -1.62. The van der Waals surface area contributed by atoms with Gasteiger partial charge < -0.3 is 9.73 Å². The standard InChI is InChI=1S/C13H20N4O/c1-4-6-17-12(15-9-16-17)8-11(14-3)13-10(2)5-7-18-13/h5,7,9,11,14H,4,6,8H2,1-3H3. The average molecular weight is 248 g/mol. The van der Waals surface area contributed by atoms with E-state index in [4.69, 9.17) is 4.42 Å². The summed E-state index contributed by atoms with van der Waals surface area (Å²) in [6.07, 6.45) is 5.18. The van der Waals surface area contributed by atoms with Crippen LogP contribution >= 0.6 is 0 Å². The maximum absolute atomic E-state index is 5.55. The molecule has 1 atom stereocenters. The Balaban J connectivity index is 2.15. The van der Waals surface area contributed by atoms with Crippen LogP contribution in [0.1, 0.15) is 36.5 Å². The lowest BCUT2D eigenvalue weighted by Gasteiger charge is -2.14. The predicted octanol–water partition coefficient (Wildman–Crippen LogP) is 2.09. The summed E-state index contributed by atoms with van der Waals surface area (Å²) in [6.45, 7) is 5.10. The SMILES string of the molecule is CCCn1ncnc1CC(NC)c1occc1C. The van der Waals surface area contributed by atoms with Crippen molar-refractivity contribution in [3.63, 3.8) is 0 Å². The molecule has 0 bridgehead atoms. The smallest absolute Gasteiger partial charge is 0.138 e. The second-order valence-electron chi connectivity index (χ2n) is 4.41. The van der Waals surface area contributed by atoms with Gasteiger partial charge in [0.2, 0.25) is 0 Å². The molecule has 1 unspecified atom stereocenters. The van der Waals surface area contributed by atoms with E-state index in [1.807, 2.05) is 17.8 Å². The third-order valence-corrected chi connectivity index (χ3v) is 3.08. The second-order valence-corrected chi connectivity index (χ2v) is 4.41. The maximum atomic E-state index is 5.55. The average Bonchev–Trinajstić information content (AvgIpc) is 2.96. The van der Waals surface area contributed by atoms with Gasteiger partial charge in [-0.1, -0.05) is 6.92 Å². The number of rotatable bonds is 6. The Kier molecular flexibility index (Phi) is 4.15. The van der Waals surface area contributed by atoms with Crippen LogP contribution in [-0.2, 0) is 13.0 Å². The van der Waals surface area contributed by atoms with Gasteiger partial charge >= 0.3 is 0 Å². The Morgan fingerprint density at radius 3 is 2.94 bits per heavy atom. The zero-order valence-electron chi connectivity index (χ0n) is 11.2. The minimum atomic E-state index is 0.139. The molecule has 0 aliphatic heterocycles. The lowest BCUT2D eigenvalue weighted by Crippen LogP contribution is -2.21. The molecule has 0 amide bonds. The number of aryl methyl sites for hydroxylation is 2. The summed E-state index contributed by atoms with van der Waals surface area (Å²) in [4.78, 5) is 4.33. The van der Waals surface area contributed by atoms with Gasteiger partial charge in [-0.3, -0.25) is 4.68 Å². The summed E-state index contributed by atoms with van der Waals surface area (Å²) < 4.78 is 7.51. The number of hydrogen-bond donors (Lipinski definition) is 1. The number of nitrogens with zero attached hydrogens (tertiary/aromatic N) is 3. The van der Waals surface area contributed by atoms with Gasteiger partial charge in [0.15, 0.2) is 0 Å². The van der Waals surface area contributed by atoms with Gasteiger partial charge in [-0.05, 0) is 32.0 Å². The molecule has 2 rings (SSSR count). The fraction of sp³-hybridized carbons (Fsp3) is 0.538. The highest BCUT2D eigenvalue weighted by molar-refractivity contribution is 5.19. The molecule has 0 aliphatic rings. The first-order chi connectivity index (χ1) is 8.76. The van der Waals surface area contributed by atoms with Gasteiger partial charge in [-0.25, -0.2) is 4.98 Å². The van der Waals surface area contributed by atoms with Crippen molar-refractivity contribution in [3.8, 4) is 0 Å². The molecule has 2 aromatic rings. The minimum absolute atomic E-state index is 0.139. The Labute approximate surface area is 107 Å². The van der Waals surface area contributed by atoms with Crippen molar-refractivity contribution < 1.29 is 4.42 Å². The third-order valence-electron chi connectivity index (χ3n) is 3.08. The highest BCUT2D eigenvalue weighted by atomic mass is 16.3. The molecule has 1 N–H and O–H groups in total. The van der Waals surface area contributed by atoms with E-state index in [0.29, 0.717) is 0 Å². The molecule has 2 aromatic heterocycles. The molecular weight excluding hydrogens is 228 g/mol. The van der Waals surface area contributed by atoms with Crippen LogP contribution in [0.2, 0.25) is 0 Å². The first kappa shape index (κ1) is 12.8. The minimum Gasteiger partial charge on any atom is -0.467 e. The molecule has 18 heavy (non-hydrogen) atoms. The highest BCUT2D eigenvalue weighted by Gasteiger charge is 2.18. The fourth-order valence-electron chi connectivity index (χ4n) is 2.09. The molecule has 5 nitrogen and oxygen atoms in total. The molecule has 2 heterocycles. The lowest BCUT2D eigenvalue weighted by molar-refractivity contribution is 0.414. The molecule has 0 spiro atoms. The quantitative estimate of drug-likeness (QED) is 0.850. The molecule has 98 valence electrons. The Morgan fingerprint density at radius 1 is 1.50 bits per heavy atom. The van der Waals surface area contributed by atoms with E-state index in [2.05, 4.69) is 29.2 Å². The topological polar surface area (TPSA) is 55.9 Å². The van der Waals surface area contributed by atoms with Crippen molar-refractivity contribution in [1.82, 2.24) is 20.1 Å². The molecule has 0 aromatic carbocycles. The van der Waals surface area contributed by atoms with Crippen molar-refractivity contribution >= 4 is 0 Å². The molecule has 5 heteroatoms. The van der Waals surface area contributed by atoms with E-state index in [1.165, 1.54) is 0 Å². The largest absolute Gasteiger partial charge is 0.467 e. The van der Waals surface area contributed by atoms with Gasteiger partial charge in [-0.15, -0.1) is 0 Å². The zero-order valence-corrected chi connectivity index (χ0v) is 11.2. The van der Waals surface area contributed by atoms with E-state index in [-0.39, 0.29) is 6.04 Å². The van der Waals surface area contributed by atoms with E-state index < -0.39 is 0 Å². The van der Waals surface area contributed by atoms with Gasteiger partial charge in [0.05, 0.1) is 12.3 Å². The normalized spacial score (nSPS) is 12.8. The monoisotopic (exact) mass is 248 g/mol. The number of hydrogen-bond acceptors (Lipinski definition) is 4. The van der Waals surface area contributed by atoms with Crippen LogP contribution in [0.15, 0.2) is 23.1 Å². The van der Waals surface area contributed by atoms with E-state index >= 15 is 0 Å². The fourth-order valence-corrected chi connectivity index (χ4v) is 2.09. The molecule has 0 aliphatic carbocycles. The van der Waals surface area contributed by atoms with Crippen LogP contribution in [0.25, 0.3) is 0 Å². The van der Waals surface area contributed by atoms with Crippen LogP contribution in [0.4, 0.5) is 0 Å². The van der Waals surface area contributed by atoms with Crippen molar-refractivity contribution in [3.05, 3.63) is 35.8 Å². The molecule has 0 fully saturated rings. The van der Waals surface area contributed by atoms with Crippen LogP contribution in [0.3, 0.4) is 0 Å². The summed E-state index contributed by atoms with van der Waals surface area (Å²) in [5, 5.41) is 7.52. The molecule has 0 radical (unpaired) electrons. The predicted molar refractivity (Wildman–Crippen MR) is 69.3 cm³/mol. The Bertz CT molecular complexity index is 489. The van der Waals surface area contributed by atoms with Crippen molar-refractivity contribution in [2.75, 3.05) is 7.05 Å². The number of nitrogens with one attached hydrogen (secondary N) is 1. The van der Waals surface area contributed by atoms with Gasteiger partial charge in [0.1, 0.15) is 17.9 Å². The maximum Gasteiger partial charge on any atom is 0.138 e. The van der Waals surface area contributed by atoms with Crippen LogP contribution in [0, 0.1) is 6.92 Å². The Morgan fingerprint density at radius 2 is 2.33 bits per heavy atom. The van der Waals surface area contributed by atoms with Gasteiger partial charge in [0, 0.05) is 13.0 Å². The van der Waals surface area contributed by atoms with Crippen molar-refractivity contribution in [1.29, 1.82) is 0 Å². The molecule has 0 saturated carbocycles. The summed E-state index contributed by atoms with van der Waals surface area (Å²) in [7, 11) is 1.94. The van der Waals surface area contributed by atoms with E-state index in [9.17, 15) is 0 Å². The lowest BCUT2D eigenvalue weighted by atomic mass is 10.1. The van der Waals surface area contributed by atoms with Gasteiger partial charge in [0.25, 0.3) is 0 Å². The third kappa shape index (κ3) is 2.61. The molecular formula is C13H20N4O. The number of furan rings is 1. The summed E-state index contributed by atoms with van der Waals surface area (Å²) in [5.41, 5.74) is 1.16. The van der Waals surface area contributed by atoms with Gasteiger partial charge in [-0.2, -0.15) is 5.10 Å². The van der Waals surface area contributed by atoms with Crippen LogP contribution < -0.4 is 5.32 Å². The van der Waals surface area contributed by atoms with Crippen LogP contribution in [0.5, 0.6) is 0 Å². The number of likely N-dealkylation sites (N-methyl/N-ethyl adjacent to an activating group) is 1. The first-order valence-electron chi connectivity index (χ1n) is 6.34. The number of aromatic nitrogens is 3. The van der Waals surface area contributed by atoms with E-state index in [1.54, 1.807) is 12.6 Å². The second kappa shape index (κ2) is 5.82. The van der Waals surface area contributed by atoms with Crippen molar-refractivity contribution in [2.24, 2.45) is 0 Å². The first-order valence-corrected chi connectivity index (χ1v) is 6.34. The summed E-state index contributed by atoms with van der Waals surface area (Å²) in [6, 6.07) is 2.12. The summed E-state index contributed by atoms with van der Waals surface area (Å²) in [5.74, 6) is 1.97. The highest BCUT2D eigenvalue weighted by Crippen LogP contribution is 2.21. The van der Waals surface area contributed by atoms with Crippen molar-refractivity contribution in [2.45, 2.75) is 39.3 Å². The zero-order chi connectivity index (χ0) is 13.0. The van der Waals surface area contributed by atoms with Crippen LogP contribution in [-0.4, -0.2) is 21.8 Å². The summed E-state index contributed by atoms with van der Waals surface area (Å²) >= 11 is 0.